The Morgan fingerprint density at radius 3 is 2.69 bits per heavy atom. The van der Waals surface area contributed by atoms with Crippen LogP contribution in [0.2, 0.25) is 0 Å². The second-order valence-electron chi connectivity index (χ2n) is 4.85. The SMILES string of the molecule is CCc1cc(NC2CCC(C)CC2)ncn1. The van der Waals surface area contributed by atoms with Gasteiger partial charge in [0.05, 0.1) is 0 Å². The Morgan fingerprint density at radius 1 is 1.25 bits per heavy atom. The van der Waals surface area contributed by atoms with Gasteiger partial charge in [0, 0.05) is 17.8 Å². The molecule has 0 aliphatic heterocycles. The van der Waals surface area contributed by atoms with Gasteiger partial charge in [-0.2, -0.15) is 0 Å². The third-order valence-electron chi connectivity index (χ3n) is 3.45. The summed E-state index contributed by atoms with van der Waals surface area (Å²) in [5.41, 5.74) is 1.11. The van der Waals surface area contributed by atoms with Crippen molar-refractivity contribution in [1.29, 1.82) is 0 Å². The van der Waals surface area contributed by atoms with E-state index in [9.17, 15) is 0 Å². The zero-order valence-corrected chi connectivity index (χ0v) is 10.2. The molecule has 1 heterocycles. The van der Waals surface area contributed by atoms with Gasteiger partial charge in [-0.25, -0.2) is 9.97 Å². The molecule has 0 aromatic carbocycles. The summed E-state index contributed by atoms with van der Waals surface area (Å²) in [5.74, 6) is 1.89. The molecule has 0 bridgehead atoms. The zero-order valence-electron chi connectivity index (χ0n) is 10.2. The lowest BCUT2D eigenvalue weighted by molar-refractivity contribution is 0.361. The highest BCUT2D eigenvalue weighted by molar-refractivity contribution is 5.36. The van der Waals surface area contributed by atoms with Crippen molar-refractivity contribution in [3.63, 3.8) is 0 Å². The van der Waals surface area contributed by atoms with Crippen LogP contribution in [0.25, 0.3) is 0 Å². The van der Waals surface area contributed by atoms with Gasteiger partial charge in [-0.05, 0) is 38.0 Å². The van der Waals surface area contributed by atoms with Crippen LogP contribution in [0.5, 0.6) is 0 Å². The predicted octanol–water partition coefficient (Wildman–Crippen LogP) is 3.03. The van der Waals surface area contributed by atoms with E-state index in [-0.39, 0.29) is 0 Å². The molecule has 1 aromatic heterocycles. The molecule has 0 unspecified atom stereocenters. The van der Waals surface area contributed by atoms with Gasteiger partial charge in [0.15, 0.2) is 0 Å². The van der Waals surface area contributed by atoms with Crippen LogP contribution in [0.4, 0.5) is 5.82 Å². The van der Waals surface area contributed by atoms with Crippen molar-refractivity contribution in [2.24, 2.45) is 5.92 Å². The second kappa shape index (κ2) is 5.28. The number of aromatic nitrogens is 2. The third-order valence-corrected chi connectivity index (χ3v) is 3.45. The number of nitrogens with zero attached hydrogens (tertiary/aromatic N) is 2. The molecule has 1 aromatic rings. The topological polar surface area (TPSA) is 37.8 Å². The minimum Gasteiger partial charge on any atom is -0.367 e. The van der Waals surface area contributed by atoms with E-state index >= 15 is 0 Å². The Labute approximate surface area is 97.7 Å². The fourth-order valence-corrected chi connectivity index (χ4v) is 2.28. The summed E-state index contributed by atoms with van der Waals surface area (Å²) in [6.45, 7) is 4.46. The van der Waals surface area contributed by atoms with Gasteiger partial charge >= 0.3 is 0 Å². The Morgan fingerprint density at radius 2 is 2.00 bits per heavy atom. The lowest BCUT2D eigenvalue weighted by Crippen LogP contribution is -2.25. The molecule has 0 amide bonds. The zero-order chi connectivity index (χ0) is 11.4. The number of nitrogens with one attached hydrogen (secondary N) is 1. The minimum atomic E-state index is 0.607. The van der Waals surface area contributed by atoms with Crippen molar-refractivity contribution in [2.75, 3.05) is 5.32 Å². The summed E-state index contributed by atoms with van der Waals surface area (Å²) >= 11 is 0. The van der Waals surface area contributed by atoms with E-state index in [1.54, 1.807) is 6.33 Å². The molecular formula is C13H21N3. The quantitative estimate of drug-likeness (QED) is 0.849. The van der Waals surface area contributed by atoms with Gasteiger partial charge in [0.1, 0.15) is 12.1 Å². The van der Waals surface area contributed by atoms with Crippen molar-refractivity contribution in [2.45, 2.75) is 52.0 Å². The molecule has 3 nitrogen and oxygen atoms in total. The first-order valence-corrected chi connectivity index (χ1v) is 6.35. The summed E-state index contributed by atoms with van der Waals surface area (Å²) in [6, 6.07) is 2.67. The van der Waals surface area contributed by atoms with E-state index < -0.39 is 0 Å². The highest BCUT2D eigenvalue weighted by atomic mass is 15.0. The first kappa shape index (κ1) is 11.4. The molecule has 0 atom stereocenters. The Balaban J connectivity index is 1.93. The van der Waals surface area contributed by atoms with Crippen molar-refractivity contribution in [1.82, 2.24) is 9.97 Å². The van der Waals surface area contributed by atoms with Gasteiger partial charge in [-0.3, -0.25) is 0 Å². The summed E-state index contributed by atoms with van der Waals surface area (Å²) in [7, 11) is 0. The Bertz CT molecular complexity index is 330. The van der Waals surface area contributed by atoms with Gasteiger partial charge in [0.25, 0.3) is 0 Å². The molecule has 0 radical (unpaired) electrons. The minimum absolute atomic E-state index is 0.607. The van der Waals surface area contributed by atoms with Crippen LogP contribution in [-0.2, 0) is 6.42 Å². The van der Waals surface area contributed by atoms with Crippen LogP contribution >= 0.6 is 0 Å². The van der Waals surface area contributed by atoms with E-state index in [1.807, 2.05) is 0 Å². The number of aryl methyl sites for hydroxylation is 1. The molecule has 1 saturated carbocycles. The first-order chi connectivity index (χ1) is 7.78. The van der Waals surface area contributed by atoms with Crippen molar-refractivity contribution >= 4 is 5.82 Å². The summed E-state index contributed by atoms with van der Waals surface area (Å²) in [4.78, 5) is 8.49. The van der Waals surface area contributed by atoms with Crippen molar-refractivity contribution in [3.05, 3.63) is 18.1 Å². The molecule has 3 heteroatoms. The summed E-state index contributed by atoms with van der Waals surface area (Å²) < 4.78 is 0. The maximum Gasteiger partial charge on any atom is 0.129 e. The Kier molecular flexibility index (Phi) is 3.75. The van der Waals surface area contributed by atoms with Crippen LogP contribution < -0.4 is 5.32 Å². The van der Waals surface area contributed by atoms with Crippen LogP contribution in [0.3, 0.4) is 0 Å². The molecule has 0 spiro atoms. The molecular weight excluding hydrogens is 198 g/mol. The van der Waals surface area contributed by atoms with E-state index in [2.05, 4.69) is 35.2 Å². The van der Waals surface area contributed by atoms with Gasteiger partial charge in [0.2, 0.25) is 0 Å². The van der Waals surface area contributed by atoms with E-state index in [4.69, 9.17) is 0 Å². The average molecular weight is 219 g/mol. The maximum absolute atomic E-state index is 4.28. The molecule has 88 valence electrons. The number of hydrogen-bond acceptors (Lipinski definition) is 3. The van der Waals surface area contributed by atoms with Crippen LogP contribution in [-0.4, -0.2) is 16.0 Å². The molecule has 16 heavy (non-hydrogen) atoms. The third kappa shape index (κ3) is 2.94. The first-order valence-electron chi connectivity index (χ1n) is 6.35. The lowest BCUT2D eigenvalue weighted by atomic mass is 9.87. The highest BCUT2D eigenvalue weighted by Crippen LogP contribution is 2.25. The van der Waals surface area contributed by atoms with E-state index in [0.29, 0.717) is 6.04 Å². The van der Waals surface area contributed by atoms with Crippen molar-refractivity contribution < 1.29 is 0 Å². The predicted molar refractivity (Wildman–Crippen MR) is 66.5 cm³/mol. The van der Waals surface area contributed by atoms with Crippen LogP contribution in [0, 0.1) is 5.92 Å². The summed E-state index contributed by atoms with van der Waals surface area (Å²) in [6.07, 6.45) is 7.84. The fraction of sp³-hybridized carbons (Fsp3) is 0.692. The fourth-order valence-electron chi connectivity index (χ4n) is 2.28. The van der Waals surface area contributed by atoms with Gasteiger partial charge < -0.3 is 5.32 Å². The summed E-state index contributed by atoms with van der Waals surface area (Å²) in [5, 5.41) is 3.52. The van der Waals surface area contributed by atoms with Gasteiger partial charge in [-0.1, -0.05) is 13.8 Å². The van der Waals surface area contributed by atoms with Crippen molar-refractivity contribution in [3.8, 4) is 0 Å². The van der Waals surface area contributed by atoms with E-state index in [0.717, 1.165) is 23.9 Å². The number of hydrogen-bond donors (Lipinski definition) is 1. The monoisotopic (exact) mass is 219 g/mol. The molecule has 1 fully saturated rings. The molecule has 1 N–H and O–H groups in total. The molecule has 1 aliphatic carbocycles. The molecule has 0 saturated heterocycles. The van der Waals surface area contributed by atoms with E-state index in [1.165, 1.54) is 25.7 Å². The molecule has 2 rings (SSSR count). The molecule has 1 aliphatic rings. The lowest BCUT2D eigenvalue weighted by Gasteiger charge is -2.27. The van der Waals surface area contributed by atoms with Gasteiger partial charge in [-0.15, -0.1) is 0 Å². The highest BCUT2D eigenvalue weighted by Gasteiger charge is 2.18. The smallest absolute Gasteiger partial charge is 0.129 e. The second-order valence-corrected chi connectivity index (χ2v) is 4.85. The average Bonchev–Trinajstić information content (AvgIpc) is 2.32. The van der Waals surface area contributed by atoms with Crippen LogP contribution in [0.1, 0.15) is 45.2 Å². The maximum atomic E-state index is 4.28. The number of anilines is 1. The number of rotatable bonds is 3. The Hall–Kier alpha value is -1.12. The standard InChI is InChI=1S/C13H21N3/c1-3-11-8-13(15-9-14-11)16-12-6-4-10(2)5-7-12/h8-10,12H,3-7H2,1-2H3,(H,14,15,16). The normalized spacial score (nSPS) is 25.4. The largest absolute Gasteiger partial charge is 0.367 e. The van der Waals surface area contributed by atoms with Crippen LogP contribution in [0.15, 0.2) is 12.4 Å².